The van der Waals surface area contributed by atoms with Crippen LogP contribution < -0.4 is 4.90 Å². The summed E-state index contributed by atoms with van der Waals surface area (Å²) in [6.07, 6.45) is 1.57. The number of phenolic OH excluding ortho intramolecular Hbond substituents is 2. The fraction of sp³-hybridized carbons (Fsp3) is 0.263. The number of aryl methyl sites for hydroxylation is 1. The normalized spacial score (nSPS) is 16.6. The molecule has 124 valence electrons. The monoisotopic (exact) mass is 325 g/mol. The molecule has 0 saturated carbocycles. The van der Waals surface area contributed by atoms with Crippen molar-refractivity contribution in [1.82, 2.24) is 0 Å². The van der Waals surface area contributed by atoms with Gasteiger partial charge in [-0.1, -0.05) is 0 Å². The van der Waals surface area contributed by atoms with E-state index in [2.05, 4.69) is 0 Å². The summed E-state index contributed by atoms with van der Waals surface area (Å²) in [7, 11) is 0. The van der Waals surface area contributed by atoms with Crippen LogP contribution in [-0.2, 0) is 6.42 Å². The predicted octanol–water partition coefficient (Wildman–Crippen LogP) is 3.28. The van der Waals surface area contributed by atoms with E-state index in [4.69, 9.17) is 0 Å². The van der Waals surface area contributed by atoms with Gasteiger partial charge in [0, 0.05) is 23.4 Å². The van der Waals surface area contributed by atoms with Gasteiger partial charge in [-0.15, -0.1) is 0 Å². The molecule has 0 bridgehead atoms. The molecular formula is C19H19NO4. The first-order valence-corrected chi connectivity index (χ1v) is 7.88. The van der Waals surface area contributed by atoms with Crippen molar-refractivity contribution in [3.05, 3.63) is 53.1 Å². The molecule has 1 atom stereocenters. The maximum Gasteiger partial charge on any atom is 0.262 e. The van der Waals surface area contributed by atoms with Crippen LogP contribution >= 0.6 is 0 Å². The maximum atomic E-state index is 12.9. The lowest BCUT2D eigenvalue weighted by Crippen LogP contribution is -2.42. The summed E-state index contributed by atoms with van der Waals surface area (Å²) >= 11 is 0. The molecule has 0 radical (unpaired) electrons. The number of hydrogen-bond acceptors (Lipinski definition) is 4. The first-order valence-electron chi connectivity index (χ1n) is 7.88. The van der Waals surface area contributed by atoms with Crippen LogP contribution in [-0.4, -0.2) is 27.9 Å². The van der Waals surface area contributed by atoms with Gasteiger partial charge in [0.15, 0.2) is 5.78 Å². The van der Waals surface area contributed by atoms with Crippen LogP contribution in [0.2, 0.25) is 0 Å². The van der Waals surface area contributed by atoms with E-state index in [9.17, 15) is 19.8 Å². The van der Waals surface area contributed by atoms with E-state index >= 15 is 0 Å². The molecule has 0 spiro atoms. The van der Waals surface area contributed by atoms with Crippen LogP contribution in [0.15, 0.2) is 36.4 Å². The molecule has 24 heavy (non-hydrogen) atoms. The number of ketones is 1. The lowest BCUT2D eigenvalue weighted by molar-refractivity contribution is 0.0971. The largest absolute Gasteiger partial charge is 0.508 e. The molecule has 1 unspecified atom stereocenters. The summed E-state index contributed by atoms with van der Waals surface area (Å²) in [5.41, 5.74) is 2.48. The van der Waals surface area contributed by atoms with Crippen LogP contribution in [0.1, 0.15) is 46.5 Å². The highest BCUT2D eigenvalue weighted by molar-refractivity contribution is 6.09. The molecule has 1 aliphatic rings. The van der Waals surface area contributed by atoms with Gasteiger partial charge in [-0.05, 0) is 62.6 Å². The van der Waals surface area contributed by atoms with Crippen LogP contribution in [0.25, 0.3) is 0 Å². The highest BCUT2D eigenvalue weighted by atomic mass is 16.3. The lowest BCUT2D eigenvalue weighted by Gasteiger charge is -2.35. The number of anilines is 1. The molecule has 5 heteroatoms. The third-order valence-electron chi connectivity index (χ3n) is 4.45. The highest BCUT2D eigenvalue weighted by Crippen LogP contribution is 2.34. The molecule has 1 amide bonds. The molecule has 2 aromatic carbocycles. The standard InChI is InChI=1S/C19H19NO4/c1-11-3-4-14-9-13(12(2)21)5-8-17(14)20(11)19(24)16-7-6-15(22)10-18(16)23/h5-11,22-23H,3-4H2,1-2H3. The summed E-state index contributed by atoms with van der Waals surface area (Å²) in [6, 6.07) is 9.26. The Bertz CT molecular complexity index is 828. The van der Waals surface area contributed by atoms with Crippen molar-refractivity contribution >= 4 is 17.4 Å². The Hall–Kier alpha value is -2.82. The SMILES string of the molecule is CC(=O)c1ccc2c(c1)CCC(C)N2C(=O)c1ccc(O)cc1O. The molecule has 2 aromatic rings. The molecule has 1 heterocycles. The van der Waals surface area contributed by atoms with Gasteiger partial charge in [0.05, 0.1) is 5.56 Å². The minimum Gasteiger partial charge on any atom is -0.508 e. The Morgan fingerprint density at radius 2 is 1.88 bits per heavy atom. The number of Topliss-reactive ketones (excluding diaryl/α,β-unsaturated/α-hetero) is 1. The first-order chi connectivity index (χ1) is 11.4. The molecular weight excluding hydrogens is 306 g/mol. The number of amides is 1. The number of aromatic hydroxyl groups is 2. The molecule has 3 rings (SSSR count). The van der Waals surface area contributed by atoms with E-state index in [1.54, 1.807) is 17.0 Å². The second kappa shape index (κ2) is 6.00. The minimum absolute atomic E-state index is 0.00882. The number of benzene rings is 2. The average molecular weight is 325 g/mol. The quantitative estimate of drug-likeness (QED) is 0.831. The van der Waals surface area contributed by atoms with Crippen molar-refractivity contribution < 1.29 is 19.8 Å². The molecule has 0 fully saturated rings. The average Bonchev–Trinajstić information content (AvgIpc) is 2.53. The zero-order valence-electron chi connectivity index (χ0n) is 13.6. The molecule has 5 nitrogen and oxygen atoms in total. The van der Waals surface area contributed by atoms with Gasteiger partial charge in [0.2, 0.25) is 0 Å². The Morgan fingerprint density at radius 1 is 1.12 bits per heavy atom. The van der Waals surface area contributed by atoms with Gasteiger partial charge in [-0.3, -0.25) is 9.59 Å². The molecule has 0 aliphatic carbocycles. The van der Waals surface area contributed by atoms with Crippen molar-refractivity contribution in [2.45, 2.75) is 32.7 Å². The van der Waals surface area contributed by atoms with Crippen molar-refractivity contribution in [3.63, 3.8) is 0 Å². The molecule has 0 aromatic heterocycles. The van der Waals surface area contributed by atoms with Gasteiger partial charge in [0.25, 0.3) is 5.91 Å². The Morgan fingerprint density at radius 3 is 2.54 bits per heavy atom. The smallest absolute Gasteiger partial charge is 0.262 e. The number of phenols is 2. The van der Waals surface area contributed by atoms with E-state index in [1.165, 1.54) is 19.1 Å². The molecule has 2 N–H and O–H groups in total. The van der Waals surface area contributed by atoms with Gasteiger partial charge in [0.1, 0.15) is 11.5 Å². The number of carbonyl (C=O) groups is 2. The van der Waals surface area contributed by atoms with Crippen molar-refractivity contribution in [2.24, 2.45) is 0 Å². The lowest BCUT2D eigenvalue weighted by atomic mass is 9.93. The summed E-state index contributed by atoms with van der Waals surface area (Å²) in [5.74, 6) is -0.677. The highest BCUT2D eigenvalue weighted by Gasteiger charge is 2.30. The Labute approximate surface area is 140 Å². The van der Waals surface area contributed by atoms with Gasteiger partial charge >= 0.3 is 0 Å². The van der Waals surface area contributed by atoms with Crippen LogP contribution in [0.4, 0.5) is 5.69 Å². The van der Waals surface area contributed by atoms with Gasteiger partial charge < -0.3 is 15.1 Å². The van der Waals surface area contributed by atoms with Crippen LogP contribution in [0.3, 0.4) is 0 Å². The van der Waals surface area contributed by atoms with Gasteiger partial charge in [-0.25, -0.2) is 0 Å². The Kier molecular flexibility index (Phi) is 4.01. The molecule has 0 saturated heterocycles. The zero-order valence-corrected chi connectivity index (χ0v) is 13.6. The van der Waals surface area contributed by atoms with Gasteiger partial charge in [-0.2, -0.15) is 0 Å². The van der Waals surface area contributed by atoms with E-state index in [0.717, 1.165) is 30.2 Å². The Balaban J connectivity index is 2.05. The van der Waals surface area contributed by atoms with Crippen molar-refractivity contribution in [3.8, 4) is 11.5 Å². The summed E-state index contributed by atoms with van der Waals surface area (Å²) in [6.45, 7) is 3.47. The summed E-state index contributed by atoms with van der Waals surface area (Å²) in [5, 5.41) is 19.4. The summed E-state index contributed by atoms with van der Waals surface area (Å²) in [4.78, 5) is 26.2. The second-order valence-electron chi connectivity index (χ2n) is 6.16. The number of rotatable bonds is 2. The number of nitrogens with zero attached hydrogens (tertiary/aromatic N) is 1. The van der Waals surface area contributed by atoms with E-state index in [1.807, 2.05) is 13.0 Å². The number of fused-ring (bicyclic) bond motifs is 1. The topological polar surface area (TPSA) is 77.8 Å². The summed E-state index contributed by atoms with van der Waals surface area (Å²) < 4.78 is 0. The first kappa shape index (κ1) is 16.1. The van der Waals surface area contributed by atoms with Crippen LogP contribution in [0.5, 0.6) is 11.5 Å². The maximum absolute atomic E-state index is 12.9. The number of carbonyl (C=O) groups excluding carboxylic acids is 2. The van der Waals surface area contributed by atoms with Crippen LogP contribution in [0, 0.1) is 0 Å². The van der Waals surface area contributed by atoms with E-state index < -0.39 is 0 Å². The third-order valence-corrected chi connectivity index (χ3v) is 4.45. The predicted molar refractivity (Wildman–Crippen MR) is 90.8 cm³/mol. The van der Waals surface area contributed by atoms with E-state index in [0.29, 0.717) is 5.56 Å². The van der Waals surface area contributed by atoms with Crippen molar-refractivity contribution in [2.75, 3.05) is 4.90 Å². The number of hydrogen-bond donors (Lipinski definition) is 2. The molecule has 1 aliphatic heterocycles. The fourth-order valence-corrected chi connectivity index (χ4v) is 3.11. The zero-order chi connectivity index (χ0) is 17.4. The minimum atomic E-state index is -0.323. The second-order valence-corrected chi connectivity index (χ2v) is 6.16. The van der Waals surface area contributed by atoms with Crippen molar-refractivity contribution in [1.29, 1.82) is 0 Å². The van der Waals surface area contributed by atoms with E-state index in [-0.39, 0.29) is 34.8 Å². The third kappa shape index (κ3) is 2.73. The fourth-order valence-electron chi connectivity index (χ4n) is 3.11.